The summed E-state index contributed by atoms with van der Waals surface area (Å²) in [5, 5.41) is 8.93. The van der Waals surface area contributed by atoms with E-state index in [1.165, 1.54) is 9.82 Å². The first-order chi connectivity index (χ1) is 9.34. The van der Waals surface area contributed by atoms with Gasteiger partial charge in [-0.1, -0.05) is 0 Å². The fourth-order valence-electron chi connectivity index (χ4n) is 2.06. The van der Waals surface area contributed by atoms with E-state index in [0.29, 0.717) is 12.8 Å². The molecule has 0 unspecified atom stereocenters. The first-order valence-corrected chi connectivity index (χ1v) is 8.12. The molecule has 3 N–H and O–H groups in total. The lowest BCUT2D eigenvalue weighted by atomic mass is 9.98. The van der Waals surface area contributed by atoms with Crippen LogP contribution in [0.4, 0.5) is 0 Å². The molecule has 8 nitrogen and oxygen atoms in total. The predicted octanol–water partition coefficient (Wildman–Crippen LogP) is -0.273. The summed E-state index contributed by atoms with van der Waals surface area (Å²) in [5.74, 6) is -2.15. The Morgan fingerprint density at radius 3 is 2.50 bits per heavy atom. The lowest BCUT2D eigenvalue weighted by Gasteiger charge is -2.29. The minimum absolute atomic E-state index is 0.146. The number of piperidine rings is 1. The van der Waals surface area contributed by atoms with Gasteiger partial charge < -0.3 is 10.8 Å². The third kappa shape index (κ3) is 2.67. The van der Waals surface area contributed by atoms with Crippen molar-refractivity contribution in [3.63, 3.8) is 0 Å². The number of primary amides is 1. The Balaban J connectivity index is 2.22. The molecule has 10 heteroatoms. The van der Waals surface area contributed by atoms with Crippen LogP contribution in [0.5, 0.6) is 0 Å². The highest BCUT2D eigenvalue weighted by molar-refractivity contribution is 7.91. The second kappa shape index (κ2) is 5.46. The number of aromatic carboxylic acids is 1. The molecular weight excluding hydrogens is 306 g/mol. The highest BCUT2D eigenvalue weighted by Crippen LogP contribution is 2.28. The number of carboxylic acids is 1. The highest BCUT2D eigenvalue weighted by atomic mass is 32.2. The van der Waals surface area contributed by atoms with Gasteiger partial charge in [0.1, 0.15) is 0 Å². The van der Waals surface area contributed by atoms with Crippen LogP contribution in [0.3, 0.4) is 0 Å². The van der Waals surface area contributed by atoms with Gasteiger partial charge in [0.15, 0.2) is 9.90 Å². The maximum Gasteiger partial charge on any atom is 0.356 e. The monoisotopic (exact) mass is 319 g/mol. The van der Waals surface area contributed by atoms with E-state index >= 15 is 0 Å². The Hall–Kier alpha value is -1.52. The number of carbonyl (C=O) groups is 2. The summed E-state index contributed by atoms with van der Waals surface area (Å²) in [6.07, 6.45) is 0.686. The predicted molar refractivity (Wildman–Crippen MR) is 69.8 cm³/mol. The van der Waals surface area contributed by atoms with E-state index in [4.69, 9.17) is 10.8 Å². The van der Waals surface area contributed by atoms with Gasteiger partial charge in [-0.2, -0.15) is 4.31 Å². The lowest BCUT2D eigenvalue weighted by molar-refractivity contribution is -0.122. The molecule has 0 atom stereocenters. The van der Waals surface area contributed by atoms with Crippen molar-refractivity contribution < 1.29 is 23.1 Å². The quantitative estimate of drug-likeness (QED) is 0.785. The van der Waals surface area contributed by atoms with Gasteiger partial charge in [0.05, 0.1) is 5.51 Å². The standard InChI is InChI=1S/C10H13N3O5S2/c11-8(14)6-1-3-13(4-2-6)20(17,18)10-7(9(15)16)12-5-19-10/h5-6H,1-4H2,(H2,11,14)(H,15,16). The number of hydrogen-bond donors (Lipinski definition) is 2. The van der Waals surface area contributed by atoms with E-state index in [0.717, 1.165) is 11.3 Å². The summed E-state index contributed by atoms with van der Waals surface area (Å²) < 4.78 is 25.6. The minimum atomic E-state index is -3.89. The molecule has 1 aromatic heterocycles. The molecule has 1 saturated heterocycles. The molecule has 0 saturated carbocycles. The molecule has 0 spiro atoms. The van der Waals surface area contributed by atoms with E-state index in [2.05, 4.69) is 4.98 Å². The summed E-state index contributed by atoms with van der Waals surface area (Å²) in [7, 11) is -3.89. The van der Waals surface area contributed by atoms with Crippen molar-refractivity contribution in [1.82, 2.24) is 9.29 Å². The molecule has 0 aromatic carbocycles. The van der Waals surface area contributed by atoms with Crippen LogP contribution in [0.1, 0.15) is 23.3 Å². The maximum absolute atomic E-state index is 12.4. The van der Waals surface area contributed by atoms with E-state index in [-0.39, 0.29) is 23.2 Å². The molecule has 1 aliphatic heterocycles. The summed E-state index contributed by atoms with van der Waals surface area (Å²) in [6.45, 7) is 0.291. The minimum Gasteiger partial charge on any atom is -0.476 e. The number of rotatable bonds is 4. The third-order valence-electron chi connectivity index (χ3n) is 3.17. The van der Waals surface area contributed by atoms with Gasteiger partial charge in [-0.25, -0.2) is 18.2 Å². The number of nitrogens with zero attached hydrogens (tertiary/aromatic N) is 2. The molecular formula is C10H13N3O5S2. The Labute approximate surface area is 119 Å². The van der Waals surface area contributed by atoms with Crippen LogP contribution in [0.2, 0.25) is 0 Å². The van der Waals surface area contributed by atoms with Gasteiger partial charge in [-0.15, -0.1) is 11.3 Å². The number of amides is 1. The maximum atomic E-state index is 12.4. The highest BCUT2D eigenvalue weighted by Gasteiger charge is 2.35. The van der Waals surface area contributed by atoms with E-state index in [9.17, 15) is 18.0 Å². The summed E-state index contributed by atoms with van der Waals surface area (Å²) in [6, 6.07) is 0. The first kappa shape index (κ1) is 14.9. The van der Waals surface area contributed by atoms with Crippen LogP contribution >= 0.6 is 11.3 Å². The second-order valence-corrected chi connectivity index (χ2v) is 7.36. The Morgan fingerprint density at radius 2 is 2.00 bits per heavy atom. The van der Waals surface area contributed by atoms with E-state index in [1.807, 2.05) is 0 Å². The van der Waals surface area contributed by atoms with Crippen LogP contribution in [0.25, 0.3) is 0 Å². The summed E-state index contributed by atoms with van der Waals surface area (Å²) in [5.41, 5.74) is 5.91. The number of thiazole rings is 1. The van der Waals surface area contributed by atoms with Gasteiger partial charge in [0.2, 0.25) is 5.91 Å². The molecule has 110 valence electrons. The summed E-state index contributed by atoms with van der Waals surface area (Å²) >= 11 is 0.772. The van der Waals surface area contributed by atoms with Gasteiger partial charge in [-0.3, -0.25) is 4.79 Å². The van der Waals surface area contributed by atoms with Crippen molar-refractivity contribution in [2.24, 2.45) is 11.7 Å². The Kier molecular flexibility index (Phi) is 4.06. The molecule has 1 aliphatic rings. The van der Waals surface area contributed by atoms with Crippen LogP contribution < -0.4 is 5.73 Å². The second-order valence-electron chi connectivity index (χ2n) is 4.37. The van der Waals surface area contributed by atoms with Crippen molar-refractivity contribution in [1.29, 1.82) is 0 Å². The molecule has 0 aliphatic carbocycles. The largest absolute Gasteiger partial charge is 0.476 e. The average molecular weight is 319 g/mol. The zero-order chi connectivity index (χ0) is 14.9. The molecule has 2 heterocycles. The molecule has 1 aromatic rings. The van der Waals surface area contributed by atoms with Crippen molar-refractivity contribution in [2.45, 2.75) is 17.1 Å². The Morgan fingerprint density at radius 1 is 1.40 bits per heavy atom. The SMILES string of the molecule is NC(=O)C1CCN(S(=O)(=O)c2scnc2C(=O)O)CC1. The average Bonchev–Trinajstić information content (AvgIpc) is 2.89. The Bertz CT molecular complexity index is 631. The van der Waals surface area contributed by atoms with Crippen LogP contribution in [-0.4, -0.2) is 47.8 Å². The topological polar surface area (TPSA) is 131 Å². The van der Waals surface area contributed by atoms with Crippen molar-refractivity contribution in [2.75, 3.05) is 13.1 Å². The van der Waals surface area contributed by atoms with Crippen LogP contribution in [-0.2, 0) is 14.8 Å². The molecule has 20 heavy (non-hydrogen) atoms. The fourth-order valence-corrected chi connectivity index (χ4v) is 4.81. The molecule has 0 radical (unpaired) electrons. The van der Waals surface area contributed by atoms with Crippen LogP contribution in [0, 0.1) is 5.92 Å². The first-order valence-electron chi connectivity index (χ1n) is 5.80. The lowest BCUT2D eigenvalue weighted by Crippen LogP contribution is -2.41. The van der Waals surface area contributed by atoms with Crippen molar-refractivity contribution in [3.8, 4) is 0 Å². The van der Waals surface area contributed by atoms with Crippen molar-refractivity contribution in [3.05, 3.63) is 11.2 Å². The van der Waals surface area contributed by atoms with E-state index < -0.39 is 27.6 Å². The van der Waals surface area contributed by atoms with E-state index in [1.54, 1.807) is 0 Å². The van der Waals surface area contributed by atoms with Gasteiger partial charge >= 0.3 is 5.97 Å². The molecule has 1 fully saturated rings. The normalized spacial score (nSPS) is 18.0. The van der Waals surface area contributed by atoms with Gasteiger partial charge in [0, 0.05) is 19.0 Å². The molecule has 2 rings (SSSR count). The zero-order valence-electron chi connectivity index (χ0n) is 10.4. The number of aromatic nitrogens is 1. The number of carboxylic acid groups (broad SMARTS) is 1. The molecule has 1 amide bonds. The summed E-state index contributed by atoms with van der Waals surface area (Å²) in [4.78, 5) is 25.6. The number of sulfonamides is 1. The number of carbonyl (C=O) groups excluding carboxylic acids is 1. The smallest absolute Gasteiger partial charge is 0.356 e. The van der Waals surface area contributed by atoms with Crippen LogP contribution in [0.15, 0.2) is 9.72 Å². The fraction of sp³-hybridized carbons (Fsp3) is 0.500. The van der Waals surface area contributed by atoms with Gasteiger partial charge in [0.25, 0.3) is 10.0 Å². The zero-order valence-corrected chi connectivity index (χ0v) is 12.0. The van der Waals surface area contributed by atoms with Crippen molar-refractivity contribution >= 4 is 33.2 Å². The number of hydrogen-bond acceptors (Lipinski definition) is 6. The number of nitrogens with two attached hydrogens (primary N) is 1. The third-order valence-corrected chi connectivity index (χ3v) is 6.41. The molecule has 0 bridgehead atoms. The van der Waals surface area contributed by atoms with Gasteiger partial charge in [-0.05, 0) is 12.8 Å².